The highest BCUT2D eigenvalue weighted by Gasteiger charge is 2.14. The Morgan fingerprint density at radius 1 is 1.10 bits per heavy atom. The van der Waals surface area contributed by atoms with Crippen LogP contribution in [0.3, 0.4) is 0 Å². The number of aromatic nitrogens is 2. The first-order valence-corrected chi connectivity index (χ1v) is 7.09. The van der Waals surface area contributed by atoms with Gasteiger partial charge in [0, 0.05) is 21.8 Å². The summed E-state index contributed by atoms with van der Waals surface area (Å²) in [5, 5.41) is 0. The van der Waals surface area contributed by atoms with Gasteiger partial charge < -0.3 is 20.2 Å². The van der Waals surface area contributed by atoms with Crippen molar-refractivity contribution in [3.63, 3.8) is 0 Å². The maximum atomic E-state index is 6.10. The summed E-state index contributed by atoms with van der Waals surface area (Å²) in [7, 11) is 3.17. The standard InChI is InChI=1S/C15H14BrN3O2/c1-20-13-6-9(10(17)7-14(13)21-2)15-18-11-4-3-8(16)5-12(11)19-15/h3-7H,17H2,1-2H3,(H,18,19). The summed E-state index contributed by atoms with van der Waals surface area (Å²) in [6.07, 6.45) is 0. The normalized spacial score (nSPS) is 10.8. The predicted molar refractivity (Wildman–Crippen MR) is 86.7 cm³/mol. The largest absolute Gasteiger partial charge is 0.493 e. The van der Waals surface area contributed by atoms with Gasteiger partial charge in [-0.2, -0.15) is 0 Å². The number of ether oxygens (including phenoxy) is 2. The number of nitrogens with one attached hydrogen (secondary N) is 1. The van der Waals surface area contributed by atoms with E-state index in [1.807, 2.05) is 24.3 Å². The summed E-state index contributed by atoms with van der Waals surface area (Å²) < 4.78 is 11.5. The molecule has 108 valence electrons. The van der Waals surface area contributed by atoms with E-state index in [1.54, 1.807) is 20.3 Å². The van der Waals surface area contributed by atoms with E-state index < -0.39 is 0 Å². The van der Waals surface area contributed by atoms with Crippen molar-refractivity contribution in [2.45, 2.75) is 0 Å². The van der Waals surface area contributed by atoms with E-state index in [-0.39, 0.29) is 0 Å². The second-order valence-corrected chi connectivity index (χ2v) is 5.46. The minimum atomic E-state index is 0.575. The smallest absolute Gasteiger partial charge is 0.162 e. The number of aromatic amines is 1. The first-order valence-electron chi connectivity index (χ1n) is 6.29. The average Bonchev–Trinajstić information content (AvgIpc) is 2.89. The number of halogens is 1. The molecular weight excluding hydrogens is 334 g/mol. The lowest BCUT2D eigenvalue weighted by Crippen LogP contribution is -1.96. The van der Waals surface area contributed by atoms with Gasteiger partial charge in [-0.05, 0) is 24.3 Å². The summed E-state index contributed by atoms with van der Waals surface area (Å²) in [6, 6.07) is 9.42. The first kappa shape index (κ1) is 13.8. The number of methoxy groups -OCH3 is 2. The molecule has 0 saturated heterocycles. The Labute approximate surface area is 130 Å². The van der Waals surface area contributed by atoms with Crippen LogP contribution in [0.5, 0.6) is 11.5 Å². The van der Waals surface area contributed by atoms with Gasteiger partial charge in [-0.1, -0.05) is 15.9 Å². The Balaban J connectivity index is 2.17. The van der Waals surface area contributed by atoms with Gasteiger partial charge in [0.1, 0.15) is 5.82 Å². The third-order valence-electron chi connectivity index (χ3n) is 3.25. The molecule has 5 nitrogen and oxygen atoms in total. The fourth-order valence-electron chi connectivity index (χ4n) is 2.21. The van der Waals surface area contributed by atoms with Crippen molar-refractivity contribution < 1.29 is 9.47 Å². The van der Waals surface area contributed by atoms with E-state index in [0.29, 0.717) is 23.0 Å². The number of hydrogen-bond acceptors (Lipinski definition) is 4. The van der Waals surface area contributed by atoms with Crippen LogP contribution < -0.4 is 15.2 Å². The van der Waals surface area contributed by atoms with Gasteiger partial charge in [0.2, 0.25) is 0 Å². The van der Waals surface area contributed by atoms with Crippen molar-refractivity contribution in [1.29, 1.82) is 0 Å². The molecule has 0 spiro atoms. The van der Waals surface area contributed by atoms with Crippen LogP contribution >= 0.6 is 15.9 Å². The molecule has 3 N–H and O–H groups in total. The number of benzene rings is 2. The van der Waals surface area contributed by atoms with Gasteiger partial charge in [0.15, 0.2) is 11.5 Å². The van der Waals surface area contributed by atoms with E-state index in [2.05, 4.69) is 25.9 Å². The van der Waals surface area contributed by atoms with E-state index in [9.17, 15) is 0 Å². The maximum Gasteiger partial charge on any atom is 0.162 e. The SMILES string of the molecule is COc1cc(N)c(-c2nc3ccc(Br)cc3[nH]2)cc1OC. The third-order valence-corrected chi connectivity index (χ3v) is 3.75. The molecule has 21 heavy (non-hydrogen) atoms. The van der Waals surface area contributed by atoms with Crippen molar-refractivity contribution in [3.8, 4) is 22.9 Å². The molecule has 0 aliphatic carbocycles. The molecule has 6 heteroatoms. The molecule has 0 fully saturated rings. The van der Waals surface area contributed by atoms with Crippen LogP contribution in [-0.2, 0) is 0 Å². The maximum absolute atomic E-state index is 6.10. The molecule has 0 bridgehead atoms. The molecule has 1 aromatic heterocycles. The number of imidazole rings is 1. The molecule has 3 aromatic rings. The topological polar surface area (TPSA) is 73.2 Å². The van der Waals surface area contributed by atoms with Crippen molar-refractivity contribution in [2.24, 2.45) is 0 Å². The number of H-pyrrole nitrogens is 1. The molecule has 1 heterocycles. The number of rotatable bonds is 3. The Hall–Kier alpha value is -2.21. The quantitative estimate of drug-likeness (QED) is 0.710. The lowest BCUT2D eigenvalue weighted by Gasteiger charge is -2.11. The molecule has 0 amide bonds. The van der Waals surface area contributed by atoms with Crippen LogP contribution in [0.1, 0.15) is 0 Å². The third kappa shape index (κ3) is 2.42. The number of anilines is 1. The van der Waals surface area contributed by atoms with Gasteiger partial charge >= 0.3 is 0 Å². The van der Waals surface area contributed by atoms with Crippen LogP contribution in [-0.4, -0.2) is 24.2 Å². The van der Waals surface area contributed by atoms with E-state index in [4.69, 9.17) is 15.2 Å². The van der Waals surface area contributed by atoms with Gasteiger partial charge in [-0.3, -0.25) is 0 Å². The van der Waals surface area contributed by atoms with Gasteiger partial charge in [-0.25, -0.2) is 4.98 Å². The zero-order valence-electron chi connectivity index (χ0n) is 11.6. The van der Waals surface area contributed by atoms with Crippen LogP contribution in [0, 0.1) is 0 Å². The van der Waals surface area contributed by atoms with Gasteiger partial charge in [0.25, 0.3) is 0 Å². The number of hydrogen-bond donors (Lipinski definition) is 2. The molecular formula is C15H14BrN3O2. The molecule has 0 saturated carbocycles. The Bertz CT molecular complexity index is 814. The summed E-state index contributed by atoms with van der Waals surface area (Å²) in [4.78, 5) is 7.83. The second kappa shape index (κ2) is 5.29. The number of nitrogens with two attached hydrogens (primary N) is 1. The molecule has 0 radical (unpaired) electrons. The average molecular weight is 348 g/mol. The van der Waals surface area contributed by atoms with E-state index in [1.165, 1.54) is 0 Å². The summed E-state index contributed by atoms with van der Waals surface area (Å²) in [5.74, 6) is 1.91. The lowest BCUT2D eigenvalue weighted by molar-refractivity contribution is 0.355. The van der Waals surface area contributed by atoms with Crippen LogP contribution in [0.4, 0.5) is 5.69 Å². The van der Waals surface area contributed by atoms with Crippen molar-refractivity contribution in [2.75, 3.05) is 20.0 Å². The number of nitrogen functional groups attached to an aromatic ring is 1. The molecule has 2 aromatic carbocycles. The van der Waals surface area contributed by atoms with E-state index in [0.717, 1.165) is 21.1 Å². The Morgan fingerprint density at radius 3 is 2.52 bits per heavy atom. The van der Waals surface area contributed by atoms with Crippen molar-refractivity contribution in [3.05, 3.63) is 34.8 Å². The summed E-state index contributed by atoms with van der Waals surface area (Å²) in [6.45, 7) is 0. The van der Waals surface area contributed by atoms with Gasteiger partial charge in [0.05, 0.1) is 25.3 Å². The molecule has 0 atom stereocenters. The zero-order valence-corrected chi connectivity index (χ0v) is 13.2. The minimum Gasteiger partial charge on any atom is -0.493 e. The molecule has 0 unspecified atom stereocenters. The Kier molecular flexibility index (Phi) is 3.47. The van der Waals surface area contributed by atoms with Crippen LogP contribution in [0.25, 0.3) is 22.4 Å². The van der Waals surface area contributed by atoms with Crippen molar-refractivity contribution >= 4 is 32.7 Å². The fourth-order valence-corrected chi connectivity index (χ4v) is 2.57. The summed E-state index contributed by atoms with van der Waals surface area (Å²) in [5.41, 5.74) is 9.27. The number of nitrogens with zero attached hydrogens (tertiary/aromatic N) is 1. The fraction of sp³-hybridized carbons (Fsp3) is 0.133. The predicted octanol–water partition coefficient (Wildman–Crippen LogP) is 3.59. The Morgan fingerprint density at radius 2 is 1.81 bits per heavy atom. The monoisotopic (exact) mass is 347 g/mol. The lowest BCUT2D eigenvalue weighted by atomic mass is 10.1. The molecule has 3 rings (SSSR count). The van der Waals surface area contributed by atoms with E-state index >= 15 is 0 Å². The summed E-state index contributed by atoms with van der Waals surface area (Å²) >= 11 is 3.45. The highest BCUT2D eigenvalue weighted by molar-refractivity contribution is 9.10. The van der Waals surface area contributed by atoms with Gasteiger partial charge in [-0.15, -0.1) is 0 Å². The van der Waals surface area contributed by atoms with Crippen LogP contribution in [0.2, 0.25) is 0 Å². The van der Waals surface area contributed by atoms with Crippen molar-refractivity contribution in [1.82, 2.24) is 9.97 Å². The molecule has 0 aliphatic rings. The van der Waals surface area contributed by atoms with Crippen LogP contribution in [0.15, 0.2) is 34.8 Å². The highest BCUT2D eigenvalue weighted by atomic mass is 79.9. The zero-order chi connectivity index (χ0) is 15.0. The second-order valence-electron chi connectivity index (χ2n) is 4.54. The highest BCUT2D eigenvalue weighted by Crippen LogP contribution is 2.36. The number of fused-ring (bicyclic) bond motifs is 1. The first-order chi connectivity index (χ1) is 10.1. The molecule has 0 aliphatic heterocycles. The minimum absolute atomic E-state index is 0.575.